The van der Waals surface area contributed by atoms with E-state index < -0.39 is 12.6 Å². The molecule has 2 heterocycles. The van der Waals surface area contributed by atoms with Gasteiger partial charge in [-0.2, -0.15) is 13.2 Å². The number of carbonyl (C=O) groups excluding carboxylic acids is 1. The van der Waals surface area contributed by atoms with Crippen molar-refractivity contribution in [1.82, 2.24) is 15.6 Å². The van der Waals surface area contributed by atoms with Crippen molar-refractivity contribution in [1.29, 1.82) is 0 Å². The fourth-order valence-electron chi connectivity index (χ4n) is 5.93. The Morgan fingerprint density at radius 3 is 2.56 bits per heavy atom. The van der Waals surface area contributed by atoms with E-state index >= 15 is 0 Å². The van der Waals surface area contributed by atoms with Crippen molar-refractivity contribution in [3.05, 3.63) is 74.7 Å². The maximum atomic E-state index is 13.4. The topological polar surface area (TPSA) is 77.2 Å². The van der Waals surface area contributed by atoms with Gasteiger partial charge in [-0.1, -0.05) is 18.2 Å². The number of nitrogens with one attached hydrogen (secondary N) is 3. The molecule has 0 atom stereocenters. The monoisotopic (exact) mass is 544 g/mol. The molecule has 212 valence electrons. The van der Waals surface area contributed by atoms with Gasteiger partial charge in [0.25, 0.3) is 11.5 Å². The van der Waals surface area contributed by atoms with Crippen molar-refractivity contribution in [3.63, 3.8) is 0 Å². The average molecular weight is 545 g/mol. The predicted molar refractivity (Wildman–Crippen MR) is 148 cm³/mol. The number of aromatic nitrogens is 1. The highest BCUT2D eigenvalue weighted by Gasteiger charge is 2.30. The molecular formula is C30H39F3N4O2. The van der Waals surface area contributed by atoms with E-state index in [2.05, 4.69) is 45.7 Å². The number of carbonyl (C=O) groups is 1. The minimum Gasteiger partial charge on any atom is -0.369 e. The Balaban J connectivity index is 1.52. The normalized spacial score (nSPS) is 21.1. The summed E-state index contributed by atoms with van der Waals surface area (Å²) in [6.07, 6.45) is 4.81. The maximum Gasteiger partial charge on any atom is 0.390 e. The van der Waals surface area contributed by atoms with Crippen LogP contribution in [0.1, 0.15) is 78.2 Å². The molecular weight excluding hydrogens is 505 g/mol. The predicted octanol–water partition coefficient (Wildman–Crippen LogP) is 5.34. The summed E-state index contributed by atoms with van der Waals surface area (Å²) in [7, 11) is 0. The number of halogens is 3. The number of fused-ring (bicyclic) bond motifs is 2. The van der Waals surface area contributed by atoms with E-state index in [4.69, 9.17) is 0 Å². The Labute approximate surface area is 228 Å². The SMILES string of the molecule is CCN(c1cccc2c1C/C=C/CCc1cc(C)[nH]c(=O)c1CNC2=O)[C@H]1CC[C@@H](NCCC(F)(F)F)CC1. The molecule has 4 rings (SSSR count). The van der Waals surface area contributed by atoms with Crippen LogP contribution in [-0.2, 0) is 19.4 Å². The van der Waals surface area contributed by atoms with Crippen LogP contribution >= 0.6 is 0 Å². The molecule has 2 aromatic rings. The number of pyridine rings is 1. The van der Waals surface area contributed by atoms with Gasteiger partial charge < -0.3 is 20.5 Å². The van der Waals surface area contributed by atoms with Crippen LogP contribution in [0.15, 0.2) is 41.2 Å². The largest absolute Gasteiger partial charge is 0.390 e. The maximum absolute atomic E-state index is 13.4. The van der Waals surface area contributed by atoms with Crippen LogP contribution in [0.5, 0.6) is 0 Å². The van der Waals surface area contributed by atoms with Crippen LogP contribution in [0.4, 0.5) is 18.9 Å². The van der Waals surface area contributed by atoms with E-state index in [1.165, 1.54) is 0 Å². The zero-order valence-electron chi connectivity index (χ0n) is 22.8. The molecule has 1 amide bonds. The molecule has 1 saturated carbocycles. The van der Waals surface area contributed by atoms with Gasteiger partial charge in [-0.25, -0.2) is 0 Å². The smallest absolute Gasteiger partial charge is 0.369 e. The molecule has 1 aromatic heterocycles. The number of aromatic amines is 1. The second-order valence-electron chi connectivity index (χ2n) is 10.6. The van der Waals surface area contributed by atoms with Gasteiger partial charge in [-0.15, -0.1) is 0 Å². The third-order valence-electron chi connectivity index (χ3n) is 7.88. The number of benzene rings is 1. The van der Waals surface area contributed by atoms with Gasteiger partial charge in [0.15, 0.2) is 0 Å². The lowest BCUT2D eigenvalue weighted by atomic mass is 9.89. The second kappa shape index (κ2) is 12.9. The standard InChI is InChI=1S/C30H39F3N4O2/c1-3-37(23-14-12-22(13-15-23)34-17-16-30(31,32)33)27-11-7-10-25-24(27)9-6-4-5-8-21-18-20(2)36-29(39)26(21)19-35-28(25)38/h4,6-7,10-11,18,22-23,34H,3,5,8-9,12-17,19H2,1-2H3,(H,35,38)(H,36,39)/b6-4+/t22-,23+. The van der Waals surface area contributed by atoms with Crippen molar-refractivity contribution >= 4 is 11.6 Å². The Bertz CT molecular complexity index is 1230. The number of alkyl halides is 3. The minimum atomic E-state index is -4.14. The van der Waals surface area contributed by atoms with E-state index in [9.17, 15) is 22.8 Å². The number of hydrogen-bond donors (Lipinski definition) is 3. The number of hydrogen-bond acceptors (Lipinski definition) is 4. The van der Waals surface area contributed by atoms with Crippen molar-refractivity contribution in [3.8, 4) is 0 Å². The number of anilines is 1. The zero-order chi connectivity index (χ0) is 28.0. The molecule has 0 radical (unpaired) electrons. The van der Waals surface area contributed by atoms with E-state index in [0.717, 1.165) is 67.6 Å². The van der Waals surface area contributed by atoms with E-state index in [0.29, 0.717) is 17.5 Å². The molecule has 0 spiro atoms. The van der Waals surface area contributed by atoms with Crippen molar-refractivity contribution in [2.24, 2.45) is 0 Å². The van der Waals surface area contributed by atoms with Gasteiger partial charge in [0.1, 0.15) is 0 Å². The summed E-state index contributed by atoms with van der Waals surface area (Å²) < 4.78 is 37.6. The number of allylic oxidation sites excluding steroid dienone is 2. The first kappa shape index (κ1) is 28.9. The molecule has 9 heteroatoms. The van der Waals surface area contributed by atoms with Crippen LogP contribution in [0, 0.1) is 6.92 Å². The number of aryl methyl sites for hydroxylation is 2. The van der Waals surface area contributed by atoms with E-state index in [1.54, 1.807) is 0 Å². The first-order valence-corrected chi connectivity index (χ1v) is 14.0. The van der Waals surface area contributed by atoms with Crippen LogP contribution in [-0.4, -0.2) is 42.2 Å². The molecule has 6 nitrogen and oxygen atoms in total. The lowest BCUT2D eigenvalue weighted by molar-refractivity contribution is -0.133. The van der Waals surface area contributed by atoms with Crippen LogP contribution < -0.4 is 21.1 Å². The van der Waals surface area contributed by atoms with Gasteiger partial charge in [0, 0.05) is 54.2 Å². The van der Waals surface area contributed by atoms with Crippen LogP contribution in [0.25, 0.3) is 0 Å². The Morgan fingerprint density at radius 1 is 1.08 bits per heavy atom. The highest BCUT2D eigenvalue weighted by molar-refractivity contribution is 5.97. The minimum absolute atomic E-state index is 0.0418. The van der Waals surface area contributed by atoms with E-state index in [-0.39, 0.29) is 36.6 Å². The van der Waals surface area contributed by atoms with Gasteiger partial charge in [0.05, 0.1) is 6.42 Å². The highest BCUT2D eigenvalue weighted by atomic mass is 19.4. The Morgan fingerprint density at radius 2 is 1.85 bits per heavy atom. The quantitative estimate of drug-likeness (QED) is 0.430. The molecule has 0 saturated heterocycles. The molecule has 1 fully saturated rings. The summed E-state index contributed by atoms with van der Waals surface area (Å²) in [5.41, 5.74) is 4.77. The lowest BCUT2D eigenvalue weighted by Gasteiger charge is -2.39. The van der Waals surface area contributed by atoms with E-state index in [1.807, 2.05) is 25.1 Å². The first-order valence-electron chi connectivity index (χ1n) is 14.0. The summed E-state index contributed by atoms with van der Waals surface area (Å²) in [6, 6.07) is 8.13. The third-order valence-corrected chi connectivity index (χ3v) is 7.88. The molecule has 1 aliphatic carbocycles. The van der Waals surface area contributed by atoms with Crippen molar-refractivity contribution in [2.75, 3.05) is 18.0 Å². The van der Waals surface area contributed by atoms with Gasteiger partial charge >= 0.3 is 6.18 Å². The number of nitrogens with zero attached hydrogens (tertiary/aromatic N) is 1. The van der Waals surface area contributed by atoms with Gasteiger partial charge in [0.2, 0.25) is 0 Å². The molecule has 0 bridgehead atoms. The summed E-state index contributed by atoms with van der Waals surface area (Å²) in [5.74, 6) is -0.208. The summed E-state index contributed by atoms with van der Waals surface area (Å²) >= 11 is 0. The molecule has 3 N–H and O–H groups in total. The first-order chi connectivity index (χ1) is 18.7. The fraction of sp³-hybridized carbons (Fsp3) is 0.533. The van der Waals surface area contributed by atoms with Gasteiger partial charge in [-0.05, 0) is 88.1 Å². The van der Waals surface area contributed by atoms with Crippen molar-refractivity contribution in [2.45, 2.75) is 90.0 Å². The van der Waals surface area contributed by atoms with Gasteiger partial charge in [-0.3, -0.25) is 9.59 Å². The average Bonchev–Trinajstić information content (AvgIpc) is 2.88. The Kier molecular flexibility index (Phi) is 9.53. The summed E-state index contributed by atoms with van der Waals surface area (Å²) in [6.45, 7) is 4.85. The lowest BCUT2D eigenvalue weighted by Crippen LogP contribution is -2.43. The molecule has 1 aliphatic heterocycles. The molecule has 0 unspecified atom stereocenters. The molecule has 2 aliphatic rings. The Hall–Kier alpha value is -3.07. The fourth-order valence-corrected chi connectivity index (χ4v) is 5.93. The third kappa shape index (κ3) is 7.53. The van der Waals surface area contributed by atoms with Crippen molar-refractivity contribution < 1.29 is 18.0 Å². The van der Waals surface area contributed by atoms with Crippen LogP contribution in [0.3, 0.4) is 0 Å². The highest BCUT2D eigenvalue weighted by Crippen LogP contribution is 2.32. The number of H-pyrrole nitrogens is 1. The van der Waals surface area contributed by atoms with Crippen LogP contribution in [0.2, 0.25) is 0 Å². The molecule has 39 heavy (non-hydrogen) atoms. The number of rotatable bonds is 6. The molecule has 1 aromatic carbocycles. The summed E-state index contributed by atoms with van der Waals surface area (Å²) in [5, 5.41) is 6.06. The summed E-state index contributed by atoms with van der Waals surface area (Å²) in [4.78, 5) is 31.3. The second-order valence-corrected chi connectivity index (χ2v) is 10.6. The zero-order valence-corrected chi connectivity index (χ0v) is 22.8. The number of amides is 1.